The van der Waals surface area contributed by atoms with E-state index in [1.807, 2.05) is 6.07 Å². The van der Waals surface area contributed by atoms with Crippen molar-refractivity contribution in [1.29, 1.82) is 5.26 Å². The first kappa shape index (κ1) is 22.7. The van der Waals surface area contributed by atoms with E-state index < -0.39 is 17.3 Å². The van der Waals surface area contributed by atoms with Crippen molar-refractivity contribution >= 4 is 16.9 Å². The van der Waals surface area contributed by atoms with Gasteiger partial charge in [-0.05, 0) is 42.0 Å². The Morgan fingerprint density at radius 1 is 1.15 bits per heavy atom. The zero-order valence-electron chi connectivity index (χ0n) is 17.6. The van der Waals surface area contributed by atoms with Crippen molar-refractivity contribution in [1.82, 2.24) is 24.6 Å². The van der Waals surface area contributed by atoms with Gasteiger partial charge in [0.15, 0.2) is 5.65 Å². The number of halogens is 3. The van der Waals surface area contributed by atoms with Crippen molar-refractivity contribution in [3.63, 3.8) is 0 Å². The van der Waals surface area contributed by atoms with Crippen LogP contribution in [-0.4, -0.2) is 31.8 Å². The van der Waals surface area contributed by atoms with Gasteiger partial charge >= 0.3 is 6.18 Å². The lowest BCUT2D eigenvalue weighted by molar-refractivity contribution is -0.137. The van der Waals surface area contributed by atoms with Crippen LogP contribution in [-0.2, 0) is 19.3 Å². The fraction of sp³-hybridized carbons (Fsp3) is 0.174. The van der Waals surface area contributed by atoms with Gasteiger partial charge in [0.1, 0.15) is 11.7 Å². The Hall–Kier alpha value is -4.46. The van der Waals surface area contributed by atoms with Gasteiger partial charge in [0.25, 0.3) is 11.5 Å². The second-order valence-electron chi connectivity index (χ2n) is 7.43. The molecule has 0 unspecified atom stereocenters. The lowest BCUT2D eigenvalue weighted by Gasteiger charge is -2.10. The first-order chi connectivity index (χ1) is 16.3. The minimum atomic E-state index is -4.47. The minimum absolute atomic E-state index is 0.0719. The van der Waals surface area contributed by atoms with Crippen LogP contribution < -0.4 is 10.9 Å². The van der Waals surface area contributed by atoms with Gasteiger partial charge in [0, 0.05) is 12.1 Å². The number of alkyl halides is 3. The Labute approximate surface area is 190 Å². The number of nitrogens with zero attached hydrogens (tertiary/aromatic N) is 5. The van der Waals surface area contributed by atoms with Crippen molar-refractivity contribution in [3.8, 4) is 6.07 Å². The van der Waals surface area contributed by atoms with Crippen LogP contribution in [0.15, 0.2) is 65.8 Å². The van der Waals surface area contributed by atoms with Gasteiger partial charge in [-0.2, -0.15) is 23.5 Å². The number of rotatable bonds is 6. The van der Waals surface area contributed by atoms with E-state index in [1.54, 1.807) is 24.3 Å². The molecule has 11 heteroatoms. The fourth-order valence-corrected chi connectivity index (χ4v) is 3.39. The average Bonchev–Trinajstić information content (AvgIpc) is 3.24. The van der Waals surface area contributed by atoms with Crippen LogP contribution in [0.25, 0.3) is 11.0 Å². The van der Waals surface area contributed by atoms with Crippen LogP contribution in [0.2, 0.25) is 0 Å². The Morgan fingerprint density at radius 2 is 1.91 bits per heavy atom. The number of carbonyl (C=O) groups excluding carboxylic acids is 1. The van der Waals surface area contributed by atoms with Crippen LogP contribution in [0.1, 0.15) is 27.0 Å². The zero-order chi connectivity index (χ0) is 24.3. The number of nitrogens with one attached hydrogen (secondary N) is 1. The molecule has 0 fully saturated rings. The summed E-state index contributed by atoms with van der Waals surface area (Å²) in [6.45, 7) is 0.387. The summed E-state index contributed by atoms with van der Waals surface area (Å²) in [5, 5.41) is 15.9. The van der Waals surface area contributed by atoms with Gasteiger partial charge in [0.2, 0.25) is 0 Å². The van der Waals surface area contributed by atoms with Gasteiger partial charge in [-0.25, -0.2) is 9.67 Å². The second-order valence-corrected chi connectivity index (χ2v) is 7.43. The summed E-state index contributed by atoms with van der Waals surface area (Å²) in [5.74, 6) is -0.322. The predicted molar refractivity (Wildman–Crippen MR) is 116 cm³/mol. The molecule has 4 rings (SSSR count). The van der Waals surface area contributed by atoms with Crippen molar-refractivity contribution in [2.75, 3.05) is 6.54 Å². The summed E-state index contributed by atoms with van der Waals surface area (Å²) in [6, 6.07) is 12.9. The SMILES string of the molecule is N#Cc1ccc(C(=O)NCCn2ncc3c(=O)n(Cc4cccc(C(F)(F)F)c4)cnc32)cc1. The molecule has 0 spiro atoms. The number of amides is 1. The summed E-state index contributed by atoms with van der Waals surface area (Å²) in [7, 11) is 0. The fourth-order valence-electron chi connectivity index (χ4n) is 3.39. The molecule has 0 aliphatic rings. The van der Waals surface area contributed by atoms with Crippen LogP contribution in [0.3, 0.4) is 0 Å². The predicted octanol–water partition coefficient (Wildman–Crippen LogP) is 2.96. The van der Waals surface area contributed by atoms with E-state index in [4.69, 9.17) is 5.26 Å². The topological polar surface area (TPSA) is 106 Å². The van der Waals surface area contributed by atoms with Crippen molar-refractivity contribution in [3.05, 3.63) is 93.7 Å². The number of carbonyl (C=O) groups is 1. The van der Waals surface area contributed by atoms with Crippen molar-refractivity contribution in [2.24, 2.45) is 0 Å². The molecule has 1 amide bonds. The summed E-state index contributed by atoms with van der Waals surface area (Å²) in [5.41, 5.74) is 0.247. The highest BCUT2D eigenvalue weighted by Crippen LogP contribution is 2.29. The highest BCUT2D eigenvalue weighted by atomic mass is 19.4. The molecule has 0 saturated carbocycles. The van der Waals surface area contributed by atoms with E-state index in [1.165, 1.54) is 33.9 Å². The number of nitriles is 1. The molecule has 172 valence electrons. The van der Waals surface area contributed by atoms with Crippen molar-refractivity contribution < 1.29 is 18.0 Å². The van der Waals surface area contributed by atoms with E-state index in [9.17, 15) is 22.8 Å². The number of hydrogen-bond donors (Lipinski definition) is 1. The van der Waals surface area contributed by atoms with Crippen LogP contribution in [0, 0.1) is 11.3 Å². The molecule has 4 aromatic rings. The van der Waals surface area contributed by atoms with E-state index in [-0.39, 0.29) is 30.9 Å². The molecule has 8 nitrogen and oxygen atoms in total. The molecule has 2 aromatic carbocycles. The smallest absolute Gasteiger partial charge is 0.350 e. The quantitative estimate of drug-likeness (QED) is 0.470. The minimum Gasteiger partial charge on any atom is -0.350 e. The standard InChI is InChI=1S/C23H17F3N6O2/c24-23(25,26)18-3-1-2-16(10-18)13-31-14-29-20-19(22(31)34)12-30-32(20)9-8-28-21(33)17-6-4-15(11-27)5-7-17/h1-7,10,12,14H,8-9,13H2,(H,28,33). The van der Waals surface area contributed by atoms with Gasteiger partial charge in [-0.15, -0.1) is 0 Å². The van der Waals surface area contributed by atoms with Crippen molar-refractivity contribution in [2.45, 2.75) is 19.3 Å². The van der Waals surface area contributed by atoms with Gasteiger partial charge in [-0.3, -0.25) is 14.2 Å². The molecule has 0 aliphatic carbocycles. The molecular formula is C23H17F3N6O2. The maximum Gasteiger partial charge on any atom is 0.416 e. The third-order valence-corrected chi connectivity index (χ3v) is 5.11. The normalized spacial score (nSPS) is 11.4. The molecule has 0 saturated heterocycles. The summed E-state index contributed by atoms with van der Waals surface area (Å²) in [4.78, 5) is 29.3. The number of benzene rings is 2. The maximum absolute atomic E-state index is 12.9. The monoisotopic (exact) mass is 466 g/mol. The molecule has 2 aromatic heterocycles. The summed E-state index contributed by atoms with van der Waals surface area (Å²) in [6.07, 6.45) is -1.87. The molecule has 1 N–H and O–H groups in total. The molecule has 0 atom stereocenters. The average molecular weight is 466 g/mol. The lowest BCUT2D eigenvalue weighted by atomic mass is 10.1. The Bertz CT molecular complexity index is 1450. The first-order valence-corrected chi connectivity index (χ1v) is 10.1. The van der Waals surface area contributed by atoms with Crippen LogP contribution in [0.5, 0.6) is 0 Å². The second kappa shape index (κ2) is 9.19. The molecule has 2 heterocycles. The Morgan fingerprint density at radius 3 is 2.62 bits per heavy atom. The van der Waals surface area contributed by atoms with Gasteiger partial charge in [0.05, 0.1) is 36.5 Å². The highest BCUT2D eigenvalue weighted by Gasteiger charge is 2.30. The van der Waals surface area contributed by atoms with E-state index in [0.29, 0.717) is 22.3 Å². The Balaban J connectivity index is 1.45. The largest absolute Gasteiger partial charge is 0.416 e. The van der Waals surface area contributed by atoms with Gasteiger partial charge < -0.3 is 5.32 Å². The third-order valence-electron chi connectivity index (χ3n) is 5.11. The number of fused-ring (bicyclic) bond motifs is 1. The zero-order valence-corrected chi connectivity index (χ0v) is 17.6. The Kier molecular flexibility index (Phi) is 6.14. The highest BCUT2D eigenvalue weighted by molar-refractivity contribution is 5.94. The maximum atomic E-state index is 12.9. The van der Waals surface area contributed by atoms with E-state index in [0.717, 1.165) is 12.1 Å². The molecule has 0 aliphatic heterocycles. The van der Waals surface area contributed by atoms with Crippen LogP contribution >= 0.6 is 0 Å². The molecule has 0 radical (unpaired) electrons. The molecule has 34 heavy (non-hydrogen) atoms. The van der Waals surface area contributed by atoms with Gasteiger partial charge in [-0.1, -0.05) is 12.1 Å². The first-order valence-electron chi connectivity index (χ1n) is 10.1. The number of aromatic nitrogens is 4. The lowest BCUT2D eigenvalue weighted by Crippen LogP contribution is -2.27. The van der Waals surface area contributed by atoms with Crippen LogP contribution in [0.4, 0.5) is 13.2 Å². The summed E-state index contributed by atoms with van der Waals surface area (Å²) < 4.78 is 41.5. The molecule has 0 bridgehead atoms. The molecular weight excluding hydrogens is 449 g/mol. The number of hydrogen-bond acceptors (Lipinski definition) is 5. The van der Waals surface area contributed by atoms with E-state index in [2.05, 4.69) is 15.4 Å². The third kappa shape index (κ3) is 4.80. The van der Waals surface area contributed by atoms with E-state index >= 15 is 0 Å². The summed E-state index contributed by atoms with van der Waals surface area (Å²) >= 11 is 0.